The molecule has 0 aliphatic heterocycles. The van der Waals surface area contributed by atoms with E-state index >= 15 is 0 Å². The van der Waals surface area contributed by atoms with Gasteiger partial charge in [0.2, 0.25) is 0 Å². The van der Waals surface area contributed by atoms with Crippen LogP contribution in [0.25, 0.3) is 11.1 Å². The third-order valence-electron chi connectivity index (χ3n) is 3.34. The molecule has 98 valence electrons. The number of hydrogen-bond acceptors (Lipinski definition) is 2. The van der Waals surface area contributed by atoms with E-state index in [9.17, 15) is 15.0 Å². The van der Waals surface area contributed by atoms with E-state index in [1.807, 2.05) is 19.9 Å². The summed E-state index contributed by atoms with van der Waals surface area (Å²) in [6.45, 7) is 3.98. The van der Waals surface area contributed by atoms with Crippen molar-refractivity contribution in [1.82, 2.24) is 0 Å². The number of aryl methyl sites for hydroxylation is 1. The molecular weight excluding hydrogens is 240 g/mol. The third-order valence-corrected chi connectivity index (χ3v) is 3.34. The van der Waals surface area contributed by atoms with Gasteiger partial charge in [0.05, 0.1) is 5.56 Å². The summed E-state index contributed by atoms with van der Waals surface area (Å²) in [7, 11) is 0. The predicted octanol–water partition coefficient (Wildman–Crippen LogP) is 3.63. The summed E-state index contributed by atoms with van der Waals surface area (Å²) in [5.74, 6) is -0.765. The lowest BCUT2D eigenvalue weighted by atomic mass is 9.91. The van der Waals surface area contributed by atoms with Gasteiger partial charge in [-0.2, -0.15) is 0 Å². The van der Waals surface area contributed by atoms with Gasteiger partial charge in [-0.25, -0.2) is 4.79 Å². The van der Waals surface area contributed by atoms with Gasteiger partial charge in [0.1, 0.15) is 5.75 Å². The minimum atomic E-state index is -0.936. The van der Waals surface area contributed by atoms with Crippen LogP contribution >= 0.6 is 0 Å². The highest BCUT2D eigenvalue weighted by Gasteiger charge is 2.16. The van der Waals surface area contributed by atoms with Crippen LogP contribution in [0.4, 0.5) is 0 Å². The van der Waals surface area contributed by atoms with Crippen molar-refractivity contribution in [3.63, 3.8) is 0 Å². The molecule has 0 unspecified atom stereocenters. The van der Waals surface area contributed by atoms with Crippen molar-refractivity contribution < 1.29 is 15.0 Å². The van der Waals surface area contributed by atoms with Gasteiger partial charge < -0.3 is 10.2 Å². The van der Waals surface area contributed by atoms with E-state index in [1.165, 1.54) is 0 Å². The number of phenols is 1. The molecule has 0 radical (unpaired) electrons. The Labute approximate surface area is 112 Å². The molecule has 0 saturated heterocycles. The minimum absolute atomic E-state index is 0.171. The highest BCUT2D eigenvalue weighted by molar-refractivity contribution is 5.97. The van der Waals surface area contributed by atoms with Gasteiger partial charge in [0, 0.05) is 0 Å². The molecular formula is C16H16O3. The Morgan fingerprint density at radius 2 is 1.74 bits per heavy atom. The van der Waals surface area contributed by atoms with Crippen LogP contribution in [0.5, 0.6) is 5.75 Å². The average molecular weight is 256 g/mol. The molecule has 0 aliphatic carbocycles. The molecule has 0 aliphatic rings. The molecule has 0 bridgehead atoms. The Balaban J connectivity index is 2.71. The largest absolute Gasteiger partial charge is 0.508 e. The molecule has 3 heteroatoms. The average Bonchev–Trinajstić information content (AvgIpc) is 2.39. The van der Waals surface area contributed by atoms with E-state index in [2.05, 4.69) is 0 Å². The topological polar surface area (TPSA) is 57.5 Å². The third kappa shape index (κ3) is 2.45. The monoisotopic (exact) mass is 256 g/mol. The maximum Gasteiger partial charge on any atom is 0.336 e. The molecule has 0 amide bonds. The number of hydrogen-bond donors (Lipinski definition) is 2. The van der Waals surface area contributed by atoms with Gasteiger partial charge in [-0.05, 0) is 53.8 Å². The smallest absolute Gasteiger partial charge is 0.336 e. The lowest BCUT2D eigenvalue weighted by Crippen LogP contribution is -2.03. The predicted molar refractivity (Wildman–Crippen MR) is 74.6 cm³/mol. The molecule has 0 spiro atoms. The van der Waals surface area contributed by atoms with Crippen molar-refractivity contribution in [2.75, 3.05) is 0 Å². The number of phenolic OH excluding ortho intramolecular Hbond substituents is 1. The SMILES string of the molecule is CCc1ccc(C(=O)O)c(-c2ccc(O)cc2)c1C. The van der Waals surface area contributed by atoms with E-state index < -0.39 is 5.97 Å². The maximum absolute atomic E-state index is 11.4. The lowest BCUT2D eigenvalue weighted by molar-refractivity contribution is 0.0697. The molecule has 3 nitrogen and oxygen atoms in total. The number of carboxylic acid groups (broad SMARTS) is 1. The van der Waals surface area contributed by atoms with Crippen molar-refractivity contribution in [1.29, 1.82) is 0 Å². The standard InChI is InChI=1S/C16H16O3/c1-3-11-6-9-14(16(18)19)15(10(11)2)12-4-7-13(17)8-5-12/h4-9,17H,3H2,1-2H3,(H,18,19). The summed E-state index contributed by atoms with van der Waals surface area (Å²) >= 11 is 0. The van der Waals surface area contributed by atoms with Gasteiger partial charge in [-0.1, -0.05) is 25.1 Å². The Hall–Kier alpha value is -2.29. The van der Waals surface area contributed by atoms with Crippen LogP contribution in [0.3, 0.4) is 0 Å². The Bertz CT molecular complexity index is 613. The van der Waals surface area contributed by atoms with E-state index in [1.54, 1.807) is 30.3 Å². The fourth-order valence-electron chi connectivity index (χ4n) is 2.32. The molecule has 0 atom stereocenters. The number of carboxylic acids is 1. The number of aromatic carboxylic acids is 1. The van der Waals surface area contributed by atoms with Gasteiger partial charge in [-0.3, -0.25) is 0 Å². The zero-order valence-corrected chi connectivity index (χ0v) is 11.0. The summed E-state index contributed by atoms with van der Waals surface area (Å²) in [5, 5.41) is 18.7. The van der Waals surface area contributed by atoms with Gasteiger partial charge >= 0.3 is 5.97 Å². The normalized spacial score (nSPS) is 10.4. The quantitative estimate of drug-likeness (QED) is 0.881. The van der Waals surface area contributed by atoms with Crippen LogP contribution in [0.2, 0.25) is 0 Å². The second kappa shape index (κ2) is 5.14. The Kier molecular flexibility index (Phi) is 3.56. The van der Waals surface area contributed by atoms with Gasteiger partial charge in [0.25, 0.3) is 0 Å². The van der Waals surface area contributed by atoms with Crippen molar-refractivity contribution in [3.8, 4) is 16.9 Å². The highest BCUT2D eigenvalue weighted by atomic mass is 16.4. The van der Waals surface area contributed by atoms with Crippen LogP contribution in [0.15, 0.2) is 36.4 Å². The molecule has 2 rings (SSSR count). The van der Waals surface area contributed by atoms with E-state index in [0.717, 1.165) is 28.7 Å². The van der Waals surface area contributed by atoms with Crippen LogP contribution in [0, 0.1) is 6.92 Å². The van der Waals surface area contributed by atoms with Crippen molar-refractivity contribution in [2.45, 2.75) is 20.3 Å². The number of aromatic hydroxyl groups is 1. The summed E-state index contributed by atoms with van der Waals surface area (Å²) in [6.07, 6.45) is 0.858. The molecule has 0 aromatic heterocycles. The zero-order valence-electron chi connectivity index (χ0n) is 11.0. The number of benzene rings is 2. The summed E-state index contributed by atoms with van der Waals surface area (Å²) in [5.41, 5.74) is 3.94. The molecule has 19 heavy (non-hydrogen) atoms. The highest BCUT2D eigenvalue weighted by Crippen LogP contribution is 2.31. The number of carbonyl (C=O) groups is 1. The van der Waals surface area contributed by atoms with Crippen LogP contribution < -0.4 is 0 Å². The van der Waals surface area contributed by atoms with Crippen LogP contribution in [0.1, 0.15) is 28.4 Å². The molecule has 2 N–H and O–H groups in total. The fourth-order valence-corrected chi connectivity index (χ4v) is 2.32. The fraction of sp³-hybridized carbons (Fsp3) is 0.188. The number of rotatable bonds is 3. The second-order valence-electron chi connectivity index (χ2n) is 4.48. The Morgan fingerprint density at radius 3 is 2.26 bits per heavy atom. The molecule has 2 aromatic carbocycles. The Morgan fingerprint density at radius 1 is 1.11 bits per heavy atom. The van der Waals surface area contributed by atoms with Crippen molar-refractivity contribution in [2.24, 2.45) is 0 Å². The van der Waals surface area contributed by atoms with E-state index in [0.29, 0.717) is 5.56 Å². The molecule has 0 fully saturated rings. The summed E-state index contributed by atoms with van der Waals surface area (Å²) in [6, 6.07) is 10.1. The maximum atomic E-state index is 11.4. The minimum Gasteiger partial charge on any atom is -0.508 e. The van der Waals surface area contributed by atoms with Crippen LogP contribution in [-0.2, 0) is 6.42 Å². The first-order valence-corrected chi connectivity index (χ1v) is 6.19. The lowest BCUT2D eigenvalue weighted by Gasteiger charge is -2.14. The first-order chi connectivity index (χ1) is 9.04. The van der Waals surface area contributed by atoms with E-state index in [4.69, 9.17) is 0 Å². The molecule has 2 aromatic rings. The zero-order chi connectivity index (χ0) is 14.0. The second-order valence-corrected chi connectivity index (χ2v) is 4.48. The first kappa shape index (κ1) is 13.1. The van der Waals surface area contributed by atoms with Crippen molar-refractivity contribution >= 4 is 5.97 Å². The van der Waals surface area contributed by atoms with Crippen LogP contribution in [-0.4, -0.2) is 16.2 Å². The molecule has 0 saturated carbocycles. The summed E-state index contributed by atoms with van der Waals surface area (Å²) < 4.78 is 0. The van der Waals surface area contributed by atoms with Crippen molar-refractivity contribution in [3.05, 3.63) is 53.1 Å². The first-order valence-electron chi connectivity index (χ1n) is 6.19. The van der Waals surface area contributed by atoms with Gasteiger partial charge in [-0.15, -0.1) is 0 Å². The summed E-state index contributed by atoms with van der Waals surface area (Å²) in [4.78, 5) is 11.4. The van der Waals surface area contributed by atoms with E-state index in [-0.39, 0.29) is 5.75 Å². The van der Waals surface area contributed by atoms with Gasteiger partial charge in [0.15, 0.2) is 0 Å². The molecule has 0 heterocycles.